The summed E-state index contributed by atoms with van der Waals surface area (Å²) in [6.07, 6.45) is 3.19. The Morgan fingerprint density at radius 3 is 2.23 bits per heavy atom. The van der Waals surface area contributed by atoms with Gasteiger partial charge in [-0.15, -0.1) is 0 Å². The van der Waals surface area contributed by atoms with E-state index in [1.54, 1.807) is 31.2 Å². The van der Waals surface area contributed by atoms with Gasteiger partial charge in [-0.1, -0.05) is 43.7 Å². The number of rotatable bonds is 12. The van der Waals surface area contributed by atoms with Crippen LogP contribution in [-0.4, -0.2) is 53.7 Å². The van der Waals surface area contributed by atoms with E-state index in [1.165, 1.54) is 14.0 Å². The Balaban J connectivity index is 0.00000162. The molecule has 0 radical (unpaired) electrons. The number of aliphatic hydroxyl groups is 1. The summed E-state index contributed by atoms with van der Waals surface area (Å²) < 4.78 is 23.5. The van der Waals surface area contributed by atoms with Crippen LogP contribution in [0.3, 0.4) is 0 Å². The molecule has 0 spiro atoms. The molecular formula is C34H42O9. The molecule has 43 heavy (non-hydrogen) atoms. The SMILES string of the molecule is CCCc1c(OCc2ccc(C(OC3CCCCO3)c3ccc(OC)c(C(=O)O)c3)cc2)ccc(C(C)=O)c1O.CCO. The number of hydrogen-bond donors (Lipinski definition) is 3. The van der Waals surface area contributed by atoms with E-state index in [1.807, 2.05) is 37.3 Å². The van der Waals surface area contributed by atoms with E-state index in [2.05, 4.69) is 0 Å². The first-order chi connectivity index (χ1) is 20.7. The lowest BCUT2D eigenvalue weighted by Crippen LogP contribution is -2.25. The number of carbonyl (C=O) groups is 2. The minimum Gasteiger partial charge on any atom is -0.507 e. The van der Waals surface area contributed by atoms with E-state index in [-0.39, 0.29) is 47.9 Å². The van der Waals surface area contributed by atoms with Crippen molar-refractivity contribution in [3.63, 3.8) is 0 Å². The van der Waals surface area contributed by atoms with Gasteiger partial charge in [0.1, 0.15) is 35.5 Å². The maximum Gasteiger partial charge on any atom is 0.339 e. The molecule has 1 fully saturated rings. The predicted octanol–water partition coefficient (Wildman–Crippen LogP) is 6.46. The topological polar surface area (TPSA) is 132 Å². The molecule has 232 valence electrons. The first-order valence-electron chi connectivity index (χ1n) is 14.6. The van der Waals surface area contributed by atoms with Gasteiger partial charge >= 0.3 is 5.97 Å². The lowest BCUT2D eigenvalue weighted by Gasteiger charge is -2.28. The number of ketones is 1. The number of aromatic carboxylic acids is 1. The Kier molecular flexibility index (Phi) is 13.0. The number of ether oxygens (including phenoxy) is 4. The zero-order valence-electron chi connectivity index (χ0n) is 25.3. The predicted molar refractivity (Wildman–Crippen MR) is 162 cm³/mol. The number of Topliss-reactive ketones (excluding diaryl/α,β-unsaturated/α-hetero) is 1. The van der Waals surface area contributed by atoms with Crippen LogP contribution < -0.4 is 9.47 Å². The molecule has 4 rings (SSSR count). The largest absolute Gasteiger partial charge is 0.507 e. The van der Waals surface area contributed by atoms with Gasteiger partial charge in [0.2, 0.25) is 0 Å². The molecule has 0 aliphatic carbocycles. The Morgan fingerprint density at radius 2 is 1.65 bits per heavy atom. The molecule has 3 aromatic carbocycles. The molecule has 2 atom stereocenters. The molecule has 0 aromatic heterocycles. The quantitative estimate of drug-likeness (QED) is 0.202. The lowest BCUT2D eigenvalue weighted by molar-refractivity contribution is -0.181. The average Bonchev–Trinajstić information content (AvgIpc) is 3.01. The summed E-state index contributed by atoms with van der Waals surface area (Å²) in [4.78, 5) is 23.7. The maximum absolute atomic E-state index is 11.9. The first-order valence-corrected chi connectivity index (χ1v) is 14.6. The summed E-state index contributed by atoms with van der Waals surface area (Å²) in [5, 5.41) is 27.9. The summed E-state index contributed by atoms with van der Waals surface area (Å²) in [6, 6.07) is 16.1. The van der Waals surface area contributed by atoms with Crippen LogP contribution in [0, 0.1) is 0 Å². The molecule has 3 aromatic rings. The van der Waals surface area contributed by atoms with Gasteiger partial charge in [0.15, 0.2) is 12.1 Å². The van der Waals surface area contributed by atoms with Crippen LogP contribution in [-0.2, 0) is 22.5 Å². The summed E-state index contributed by atoms with van der Waals surface area (Å²) in [6.45, 7) is 6.25. The van der Waals surface area contributed by atoms with Crippen molar-refractivity contribution in [2.24, 2.45) is 0 Å². The third-order valence-electron chi connectivity index (χ3n) is 6.98. The monoisotopic (exact) mass is 594 g/mol. The molecule has 0 amide bonds. The number of carboxylic acids is 1. The van der Waals surface area contributed by atoms with Crippen molar-refractivity contribution in [3.05, 3.63) is 88.0 Å². The summed E-state index contributed by atoms with van der Waals surface area (Å²) in [5.41, 5.74) is 3.40. The molecular weight excluding hydrogens is 552 g/mol. The van der Waals surface area contributed by atoms with Crippen molar-refractivity contribution in [1.29, 1.82) is 0 Å². The molecule has 9 heteroatoms. The molecule has 0 bridgehead atoms. The molecule has 1 heterocycles. The van der Waals surface area contributed by atoms with Crippen molar-refractivity contribution >= 4 is 11.8 Å². The number of methoxy groups -OCH3 is 1. The van der Waals surface area contributed by atoms with E-state index in [0.717, 1.165) is 36.8 Å². The Labute approximate surface area is 253 Å². The van der Waals surface area contributed by atoms with Gasteiger partial charge in [0.25, 0.3) is 0 Å². The summed E-state index contributed by atoms with van der Waals surface area (Å²) >= 11 is 0. The van der Waals surface area contributed by atoms with Crippen LogP contribution in [0.15, 0.2) is 54.6 Å². The number of aliphatic hydroxyl groups excluding tert-OH is 1. The molecule has 2 unspecified atom stereocenters. The van der Waals surface area contributed by atoms with Crippen LogP contribution in [0.25, 0.3) is 0 Å². The molecule has 1 aliphatic rings. The standard InChI is InChI=1S/C32H36O8.C2H6O/c1-4-7-25-28(16-14-24(20(2)33)30(25)34)39-19-21-9-11-22(12-10-21)31(40-29-8-5-6-17-38-29)23-13-15-27(37-3)26(18-23)32(35)36;1-2-3/h9-16,18,29,31,34H,4-8,17,19H2,1-3H3,(H,35,36);3H,2H2,1H3. The second-order valence-electron chi connectivity index (χ2n) is 10.2. The number of benzene rings is 3. The van der Waals surface area contributed by atoms with Crippen LogP contribution in [0.5, 0.6) is 17.2 Å². The third-order valence-corrected chi connectivity index (χ3v) is 6.98. The van der Waals surface area contributed by atoms with Gasteiger partial charge in [-0.25, -0.2) is 4.79 Å². The van der Waals surface area contributed by atoms with E-state index < -0.39 is 12.1 Å². The second kappa shape index (κ2) is 16.6. The van der Waals surface area contributed by atoms with Gasteiger partial charge in [0, 0.05) is 18.8 Å². The fraction of sp³-hybridized carbons (Fsp3) is 0.412. The van der Waals surface area contributed by atoms with Crippen molar-refractivity contribution in [3.8, 4) is 17.2 Å². The number of carboxylic acid groups (broad SMARTS) is 1. The van der Waals surface area contributed by atoms with Crippen molar-refractivity contribution in [2.45, 2.75) is 71.9 Å². The van der Waals surface area contributed by atoms with Crippen molar-refractivity contribution in [2.75, 3.05) is 20.3 Å². The van der Waals surface area contributed by atoms with E-state index in [9.17, 15) is 19.8 Å². The highest BCUT2D eigenvalue weighted by molar-refractivity contribution is 5.97. The Morgan fingerprint density at radius 1 is 0.977 bits per heavy atom. The third kappa shape index (κ3) is 9.03. The average molecular weight is 595 g/mol. The van der Waals surface area contributed by atoms with Crippen LogP contribution in [0.1, 0.15) is 95.5 Å². The lowest BCUT2D eigenvalue weighted by atomic mass is 9.97. The highest BCUT2D eigenvalue weighted by Crippen LogP contribution is 2.35. The van der Waals surface area contributed by atoms with Gasteiger partial charge in [-0.05, 0) is 80.5 Å². The van der Waals surface area contributed by atoms with Crippen LogP contribution >= 0.6 is 0 Å². The van der Waals surface area contributed by atoms with Crippen LogP contribution in [0.2, 0.25) is 0 Å². The van der Waals surface area contributed by atoms with Crippen molar-refractivity contribution < 1.29 is 43.9 Å². The smallest absolute Gasteiger partial charge is 0.339 e. The molecule has 3 N–H and O–H groups in total. The molecule has 9 nitrogen and oxygen atoms in total. The Hall–Kier alpha value is -3.92. The highest BCUT2D eigenvalue weighted by atomic mass is 16.7. The van der Waals surface area contributed by atoms with Gasteiger partial charge in [0.05, 0.1) is 12.7 Å². The number of phenolic OH excluding ortho intramolecular Hbond substituents is 1. The molecule has 1 aliphatic heterocycles. The molecule has 0 saturated carbocycles. The number of carbonyl (C=O) groups excluding carboxylic acids is 1. The first kappa shape index (κ1) is 33.6. The normalized spacial score (nSPS) is 15.1. The second-order valence-corrected chi connectivity index (χ2v) is 10.2. The number of phenols is 1. The minimum atomic E-state index is -1.08. The van der Waals surface area contributed by atoms with Crippen molar-refractivity contribution in [1.82, 2.24) is 0 Å². The summed E-state index contributed by atoms with van der Waals surface area (Å²) in [5.74, 6) is -0.472. The summed E-state index contributed by atoms with van der Waals surface area (Å²) in [7, 11) is 1.44. The van der Waals surface area contributed by atoms with Gasteiger partial charge in [-0.3, -0.25) is 4.79 Å². The molecule has 1 saturated heterocycles. The number of hydrogen-bond acceptors (Lipinski definition) is 8. The van der Waals surface area contributed by atoms with Crippen LogP contribution in [0.4, 0.5) is 0 Å². The van der Waals surface area contributed by atoms with E-state index in [0.29, 0.717) is 29.9 Å². The number of aromatic hydroxyl groups is 1. The van der Waals surface area contributed by atoms with E-state index >= 15 is 0 Å². The van der Waals surface area contributed by atoms with Gasteiger partial charge < -0.3 is 34.3 Å². The van der Waals surface area contributed by atoms with E-state index in [4.69, 9.17) is 24.1 Å². The zero-order valence-corrected chi connectivity index (χ0v) is 25.3. The Bertz CT molecular complexity index is 1340. The van der Waals surface area contributed by atoms with Gasteiger partial charge in [-0.2, -0.15) is 0 Å². The fourth-order valence-corrected chi connectivity index (χ4v) is 4.85. The highest BCUT2D eigenvalue weighted by Gasteiger charge is 2.25. The fourth-order valence-electron chi connectivity index (χ4n) is 4.85. The zero-order chi connectivity index (χ0) is 31.4. The minimum absolute atomic E-state index is 0.0210. The maximum atomic E-state index is 11.9.